The van der Waals surface area contributed by atoms with E-state index in [4.69, 9.17) is 0 Å². The van der Waals surface area contributed by atoms with Gasteiger partial charge in [-0.1, -0.05) is 36.4 Å². The fraction of sp³-hybridized carbons (Fsp3) is 0.172. The number of pyridine rings is 1. The van der Waals surface area contributed by atoms with Gasteiger partial charge in [0.15, 0.2) is 9.84 Å². The molecule has 1 N–H and O–H groups in total. The standard InChI is InChI=1S/C29H28N2O3S/c1-19(2)31-29(32)27(22-10-12-25(13-11-22)35(4,33)34)18-21-7-5-8-23(17-21)26-16-20(3)15-24-9-6-14-30-28(24)26/h5-19H,1-4H3,(H,31,32)/b27-18+. The monoisotopic (exact) mass is 484 g/mol. The Morgan fingerprint density at radius 3 is 2.40 bits per heavy atom. The van der Waals surface area contributed by atoms with Gasteiger partial charge in [-0.05, 0) is 85.5 Å². The van der Waals surface area contributed by atoms with Crippen LogP contribution in [0.2, 0.25) is 0 Å². The molecule has 0 atom stereocenters. The Kier molecular flexibility index (Phi) is 6.85. The maximum atomic E-state index is 13.1. The van der Waals surface area contributed by atoms with E-state index in [1.54, 1.807) is 18.3 Å². The Hall–Kier alpha value is -3.77. The normalized spacial score (nSPS) is 12.2. The molecule has 0 bridgehead atoms. The lowest BCUT2D eigenvalue weighted by atomic mass is 9.96. The quantitative estimate of drug-likeness (QED) is 0.282. The molecule has 0 saturated heterocycles. The Morgan fingerprint density at radius 1 is 0.971 bits per heavy atom. The molecule has 0 spiro atoms. The summed E-state index contributed by atoms with van der Waals surface area (Å²) in [6, 6.07) is 22.6. The van der Waals surface area contributed by atoms with Gasteiger partial charge in [0.25, 0.3) is 5.91 Å². The van der Waals surface area contributed by atoms with E-state index in [1.165, 1.54) is 18.4 Å². The summed E-state index contributed by atoms with van der Waals surface area (Å²) in [5, 5.41) is 4.02. The highest BCUT2D eigenvalue weighted by Crippen LogP contribution is 2.30. The number of hydrogen-bond acceptors (Lipinski definition) is 4. The van der Waals surface area contributed by atoms with E-state index in [0.29, 0.717) is 11.1 Å². The molecule has 178 valence electrons. The third-order valence-corrected chi connectivity index (χ3v) is 6.74. The highest BCUT2D eigenvalue weighted by Gasteiger charge is 2.15. The Labute approximate surface area is 206 Å². The second kappa shape index (κ2) is 9.84. The Morgan fingerprint density at radius 2 is 1.71 bits per heavy atom. The van der Waals surface area contributed by atoms with Gasteiger partial charge in [-0.15, -0.1) is 0 Å². The number of sulfone groups is 1. The number of aromatic nitrogens is 1. The van der Waals surface area contributed by atoms with Gasteiger partial charge in [0, 0.05) is 35.0 Å². The molecule has 0 radical (unpaired) electrons. The molecule has 3 aromatic carbocycles. The number of carbonyl (C=O) groups excluding carboxylic acids is 1. The number of aryl methyl sites for hydroxylation is 1. The predicted molar refractivity (Wildman–Crippen MR) is 143 cm³/mol. The minimum Gasteiger partial charge on any atom is -0.350 e. The van der Waals surface area contributed by atoms with Crippen LogP contribution in [-0.2, 0) is 14.6 Å². The van der Waals surface area contributed by atoms with E-state index in [9.17, 15) is 13.2 Å². The predicted octanol–water partition coefficient (Wildman–Crippen LogP) is 5.68. The fourth-order valence-corrected chi connectivity index (χ4v) is 4.66. The van der Waals surface area contributed by atoms with E-state index < -0.39 is 9.84 Å². The first-order valence-corrected chi connectivity index (χ1v) is 13.3. The molecule has 5 nitrogen and oxygen atoms in total. The van der Waals surface area contributed by atoms with Crippen LogP contribution in [0.25, 0.3) is 33.7 Å². The van der Waals surface area contributed by atoms with Gasteiger partial charge in [0.1, 0.15) is 0 Å². The minimum atomic E-state index is -3.33. The minimum absolute atomic E-state index is 0.0442. The summed E-state index contributed by atoms with van der Waals surface area (Å²) in [7, 11) is -3.33. The maximum Gasteiger partial charge on any atom is 0.252 e. The lowest BCUT2D eigenvalue weighted by Crippen LogP contribution is -2.30. The number of nitrogens with one attached hydrogen (secondary N) is 1. The van der Waals surface area contributed by atoms with Crippen LogP contribution in [-0.4, -0.2) is 31.6 Å². The molecule has 35 heavy (non-hydrogen) atoms. The van der Waals surface area contributed by atoms with Crippen molar-refractivity contribution < 1.29 is 13.2 Å². The molecule has 1 amide bonds. The Bertz CT molecular complexity index is 1540. The van der Waals surface area contributed by atoms with Crippen LogP contribution in [0.1, 0.15) is 30.5 Å². The molecule has 0 unspecified atom stereocenters. The van der Waals surface area contributed by atoms with E-state index in [0.717, 1.165) is 33.2 Å². The fourth-order valence-electron chi connectivity index (χ4n) is 4.03. The number of hydrogen-bond donors (Lipinski definition) is 1. The lowest BCUT2D eigenvalue weighted by molar-refractivity contribution is -0.116. The van der Waals surface area contributed by atoms with Gasteiger partial charge in [0.2, 0.25) is 0 Å². The SMILES string of the molecule is Cc1cc(-c2cccc(/C=C(/C(=O)NC(C)C)c3ccc(S(C)(=O)=O)cc3)c2)c2ncccc2c1. The average molecular weight is 485 g/mol. The van der Waals surface area contributed by atoms with E-state index in [2.05, 4.69) is 35.4 Å². The molecule has 1 aromatic heterocycles. The van der Waals surface area contributed by atoms with Gasteiger partial charge in [0.05, 0.1) is 10.4 Å². The van der Waals surface area contributed by atoms with Crippen molar-refractivity contribution in [1.29, 1.82) is 0 Å². The number of nitrogens with zero attached hydrogens (tertiary/aromatic N) is 1. The summed E-state index contributed by atoms with van der Waals surface area (Å²) in [6.07, 6.45) is 4.79. The van der Waals surface area contributed by atoms with Crippen LogP contribution in [0.15, 0.2) is 83.9 Å². The zero-order valence-corrected chi connectivity index (χ0v) is 21.1. The largest absolute Gasteiger partial charge is 0.350 e. The summed E-state index contributed by atoms with van der Waals surface area (Å²) < 4.78 is 23.7. The summed E-state index contributed by atoms with van der Waals surface area (Å²) in [5.41, 5.74) is 6.06. The topological polar surface area (TPSA) is 76.1 Å². The first-order valence-electron chi connectivity index (χ1n) is 11.4. The van der Waals surface area contributed by atoms with E-state index in [1.807, 2.05) is 50.3 Å². The second-order valence-corrected chi connectivity index (χ2v) is 11.0. The number of amides is 1. The summed E-state index contributed by atoms with van der Waals surface area (Å²) in [4.78, 5) is 17.9. The number of benzene rings is 3. The van der Waals surface area contributed by atoms with Crippen molar-refractivity contribution in [3.63, 3.8) is 0 Å². The average Bonchev–Trinajstić information content (AvgIpc) is 2.81. The van der Waals surface area contributed by atoms with Crippen LogP contribution >= 0.6 is 0 Å². The highest BCUT2D eigenvalue weighted by atomic mass is 32.2. The molecule has 1 heterocycles. The first kappa shape index (κ1) is 24.4. The molecule has 0 saturated carbocycles. The van der Waals surface area contributed by atoms with Crippen molar-refractivity contribution in [1.82, 2.24) is 10.3 Å². The molecule has 0 aliphatic heterocycles. The van der Waals surface area contributed by atoms with Gasteiger partial charge in [-0.25, -0.2) is 8.42 Å². The van der Waals surface area contributed by atoms with Crippen molar-refractivity contribution in [2.24, 2.45) is 0 Å². The van der Waals surface area contributed by atoms with Gasteiger partial charge < -0.3 is 5.32 Å². The van der Waals surface area contributed by atoms with E-state index in [-0.39, 0.29) is 16.8 Å². The number of rotatable bonds is 6. The highest BCUT2D eigenvalue weighted by molar-refractivity contribution is 7.90. The molecule has 0 aliphatic rings. The number of fused-ring (bicyclic) bond motifs is 1. The van der Waals surface area contributed by atoms with Crippen LogP contribution in [0.3, 0.4) is 0 Å². The summed E-state index contributed by atoms with van der Waals surface area (Å²) >= 11 is 0. The van der Waals surface area contributed by atoms with Gasteiger partial charge >= 0.3 is 0 Å². The Balaban J connectivity index is 1.82. The van der Waals surface area contributed by atoms with Crippen molar-refractivity contribution >= 4 is 38.3 Å². The first-order chi connectivity index (χ1) is 16.6. The maximum absolute atomic E-state index is 13.1. The smallest absolute Gasteiger partial charge is 0.252 e. The van der Waals surface area contributed by atoms with E-state index >= 15 is 0 Å². The molecule has 4 rings (SSSR count). The zero-order chi connectivity index (χ0) is 25.2. The van der Waals surface area contributed by atoms with Gasteiger partial charge in [-0.2, -0.15) is 0 Å². The van der Waals surface area contributed by atoms with Gasteiger partial charge in [-0.3, -0.25) is 9.78 Å². The van der Waals surface area contributed by atoms with Crippen molar-refractivity contribution in [2.45, 2.75) is 31.7 Å². The molecule has 0 aliphatic carbocycles. The summed E-state index contributed by atoms with van der Waals surface area (Å²) in [6.45, 7) is 5.87. The molecular weight excluding hydrogens is 456 g/mol. The molecule has 6 heteroatoms. The second-order valence-electron chi connectivity index (χ2n) is 9.00. The molecule has 4 aromatic rings. The third kappa shape index (κ3) is 5.66. The van der Waals surface area contributed by atoms with Crippen LogP contribution in [0.4, 0.5) is 0 Å². The molecular formula is C29H28N2O3S. The third-order valence-electron chi connectivity index (χ3n) is 5.62. The lowest BCUT2D eigenvalue weighted by Gasteiger charge is -2.13. The van der Waals surface area contributed by atoms with Crippen LogP contribution in [0.5, 0.6) is 0 Å². The number of carbonyl (C=O) groups is 1. The van der Waals surface area contributed by atoms with Crippen LogP contribution < -0.4 is 5.32 Å². The van der Waals surface area contributed by atoms with Crippen LogP contribution in [0, 0.1) is 6.92 Å². The zero-order valence-electron chi connectivity index (χ0n) is 20.2. The van der Waals surface area contributed by atoms with Crippen molar-refractivity contribution in [3.05, 3.63) is 95.7 Å². The van der Waals surface area contributed by atoms with Crippen molar-refractivity contribution in [2.75, 3.05) is 6.26 Å². The summed E-state index contributed by atoms with van der Waals surface area (Å²) in [5.74, 6) is -0.222. The van der Waals surface area contributed by atoms with Crippen molar-refractivity contribution in [3.8, 4) is 11.1 Å². The molecule has 0 fully saturated rings.